The molecule has 0 saturated carbocycles. The summed E-state index contributed by atoms with van der Waals surface area (Å²) in [5.41, 5.74) is 1.04. The maximum Gasteiger partial charge on any atom is 1.00 e. The smallest absolute Gasteiger partial charge is 0.549 e. The van der Waals surface area contributed by atoms with Gasteiger partial charge in [0, 0.05) is 0 Å². The van der Waals surface area contributed by atoms with Crippen LogP contribution in [-0.2, 0) is 11.2 Å². The van der Waals surface area contributed by atoms with Gasteiger partial charge in [-0.2, -0.15) is 5.26 Å². The predicted molar refractivity (Wildman–Crippen MR) is 48.9 cm³/mol. The molecule has 0 spiro atoms. The molecular weight excluding hydrogens is 217 g/mol. The van der Waals surface area contributed by atoms with Gasteiger partial charge in [0.15, 0.2) is 0 Å². The number of aryl methyl sites for hydroxylation is 1. The van der Waals surface area contributed by atoms with Gasteiger partial charge in [-0.3, -0.25) is 0 Å². The number of carboxylic acid groups (broad SMARTS) is 1. The second kappa shape index (κ2) is 8.03. The molecule has 1 aromatic carbocycles. The molecule has 0 heterocycles. The molecule has 0 aliphatic carbocycles. The number of nitrogens with zero attached hydrogens (tertiary/aromatic N) is 1. The average molecular weight is 227 g/mol. The van der Waals surface area contributed by atoms with Crippen LogP contribution in [0.3, 0.4) is 0 Å². The third kappa shape index (κ3) is 5.45. The van der Waals surface area contributed by atoms with Crippen molar-refractivity contribution in [2.75, 3.05) is 0 Å². The van der Waals surface area contributed by atoms with Crippen LogP contribution in [-0.4, -0.2) is 5.97 Å². The summed E-state index contributed by atoms with van der Waals surface area (Å²) in [5, 5.41) is 18.9. The summed E-state index contributed by atoms with van der Waals surface area (Å²) in [6, 6.07) is 11.2. The van der Waals surface area contributed by atoms with E-state index >= 15 is 0 Å². The number of aliphatic carboxylic acids is 1. The Hall–Kier alpha value is -0.184. The molecule has 1 atom stereocenters. The van der Waals surface area contributed by atoms with Crippen molar-refractivity contribution in [2.45, 2.75) is 12.8 Å². The molecule has 1 rings (SSSR count). The fourth-order valence-corrected chi connectivity index (χ4v) is 1.19. The summed E-state index contributed by atoms with van der Waals surface area (Å²) < 4.78 is 0. The molecule has 4 heteroatoms. The molecule has 0 fully saturated rings. The van der Waals surface area contributed by atoms with E-state index < -0.39 is 11.9 Å². The van der Waals surface area contributed by atoms with E-state index in [1.807, 2.05) is 30.3 Å². The summed E-state index contributed by atoms with van der Waals surface area (Å²) in [4.78, 5) is 10.4. The molecule has 1 unspecified atom stereocenters. The second-order valence-corrected chi connectivity index (χ2v) is 3.02. The summed E-state index contributed by atoms with van der Waals surface area (Å²) in [7, 11) is 0. The van der Waals surface area contributed by atoms with Crippen LogP contribution in [0.25, 0.3) is 0 Å². The quantitative estimate of drug-likeness (QED) is 0.535. The first-order valence-corrected chi connectivity index (χ1v) is 4.38. The Morgan fingerprint density at radius 3 is 2.47 bits per heavy atom. The normalized spacial score (nSPS) is 10.9. The zero-order valence-corrected chi connectivity index (χ0v) is 11.8. The Morgan fingerprint density at radius 2 is 2.00 bits per heavy atom. The monoisotopic (exact) mass is 227 g/mol. The van der Waals surface area contributed by atoms with Crippen molar-refractivity contribution in [3.05, 3.63) is 35.9 Å². The Bertz CT molecular complexity index is 345. The van der Waals surface area contributed by atoms with E-state index in [1.54, 1.807) is 6.07 Å². The van der Waals surface area contributed by atoms with Gasteiger partial charge >= 0.3 is 51.4 Å². The van der Waals surface area contributed by atoms with E-state index in [-0.39, 0.29) is 51.4 Å². The number of hydrogen-bond acceptors (Lipinski definition) is 3. The number of carboxylic acids is 1. The Morgan fingerprint density at radius 1 is 1.40 bits per heavy atom. The summed E-state index contributed by atoms with van der Waals surface area (Å²) in [5.74, 6) is -2.29. The van der Waals surface area contributed by atoms with Gasteiger partial charge in [0.25, 0.3) is 0 Å². The van der Waals surface area contributed by atoms with Gasteiger partial charge in [-0.15, -0.1) is 0 Å². The molecule has 0 amide bonds. The summed E-state index contributed by atoms with van der Waals surface area (Å²) in [6.45, 7) is 0. The van der Waals surface area contributed by atoms with E-state index in [2.05, 4.69) is 0 Å². The first-order valence-electron chi connectivity index (χ1n) is 4.38. The van der Waals surface area contributed by atoms with Crippen molar-refractivity contribution in [3.63, 3.8) is 0 Å². The third-order valence-electron chi connectivity index (χ3n) is 2.00. The summed E-state index contributed by atoms with van der Waals surface area (Å²) in [6.07, 6.45) is 0.899. The largest absolute Gasteiger partial charge is 1.00 e. The second-order valence-electron chi connectivity index (χ2n) is 3.02. The first-order chi connectivity index (χ1) is 6.74. The van der Waals surface area contributed by atoms with E-state index in [1.165, 1.54) is 0 Å². The molecule has 3 nitrogen and oxygen atoms in total. The minimum atomic E-state index is -1.29. The van der Waals surface area contributed by atoms with Crippen molar-refractivity contribution in [1.82, 2.24) is 0 Å². The van der Waals surface area contributed by atoms with Crippen LogP contribution >= 0.6 is 0 Å². The standard InChI is InChI=1S/C11H11NO2.K/c12-8-10(11(13)14)7-6-9-4-2-1-3-5-9;/h1-5,10H,6-7H2,(H,13,14);/q;+1/p-1. The van der Waals surface area contributed by atoms with Crippen molar-refractivity contribution >= 4 is 5.97 Å². The van der Waals surface area contributed by atoms with Crippen molar-refractivity contribution in [1.29, 1.82) is 5.26 Å². The van der Waals surface area contributed by atoms with E-state index in [0.29, 0.717) is 12.8 Å². The molecule has 0 saturated heterocycles. The van der Waals surface area contributed by atoms with Crippen LogP contribution in [0.1, 0.15) is 12.0 Å². The molecule has 0 N–H and O–H groups in total. The Kier molecular flexibility index (Phi) is 7.93. The maximum atomic E-state index is 10.4. The fourth-order valence-electron chi connectivity index (χ4n) is 1.19. The molecule has 0 aliphatic heterocycles. The number of carbonyl (C=O) groups is 1. The summed E-state index contributed by atoms with van der Waals surface area (Å²) >= 11 is 0. The van der Waals surface area contributed by atoms with Crippen LogP contribution < -0.4 is 56.5 Å². The molecule has 0 aromatic heterocycles. The maximum absolute atomic E-state index is 10.4. The molecule has 72 valence electrons. The van der Waals surface area contributed by atoms with Crippen LogP contribution in [0, 0.1) is 17.2 Å². The molecule has 0 bridgehead atoms. The number of benzene rings is 1. The van der Waals surface area contributed by atoms with E-state index in [9.17, 15) is 9.90 Å². The zero-order valence-electron chi connectivity index (χ0n) is 8.64. The van der Waals surface area contributed by atoms with Crippen molar-refractivity contribution in [3.8, 4) is 6.07 Å². The molecule has 1 aromatic rings. The van der Waals surface area contributed by atoms with Crippen LogP contribution in [0.5, 0.6) is 0 Å². The minimum Gasteiger partial charge on any atom is -0.549 e. The van der Waals surface area contributed by atoms with Gasteiger partial charge in [0.1, 0.15) is 0 Å². The fraction of sp³-hybridized carbons (Fsp3) is 0.273. The molecular formula is C11H10KNO2. The van der Waals surface area contributed by atoms with Gasteiger partial charge in [-0.05, 0) is 18.4 Å². The average Bonchev–Trinajstić information content (AvgIpc) is 2.20. The van der Waals surface area contributed by atoms with Crippen LogP contribution in [0.2, 0.25) is 0 Å². The van der Waals surface area contributed by atoms with E-state index in [4.69, 9.17) is 5.26 Å². The molecule has 15 heavy (non-hydrogen) atoms. The Labute approximate surface area is 132 Å². The van der Waals surface area contributed by atoms with Crippen molar-refractivity contribution in [2.24, 2.45) is 5.92 Å². The van der Waals surface area contributed by atoms with Gasteiger partial charge in [-0.25, -0.2) is 0 Å². The number of hydrogen-bond donors (Lipinski definition) is 0. The van der Waals surface area contributed by atoms with Gasteiger partial charge < -0.3 is 9.90 Å². The SMILES string of the molecule is N#CC(CCc1ccccc1)C(=O)[O-].[K+]. The van der Waals surface area contributed by atoms with Gasteiger partial charge in [0.2, 0.25) is 0 Å². The van der Waals surface area contributed by atoms with Gasteiger partial charge in [-0.1, -0.05) is 30.3 Å². The number of nitriles is 1. The molecule has 0 radical (unpaired) electrons. The van der Waals surface area contributed by atoms with Gasteiger partial charge in [0.05, 0.1) is 18.0 Å². The zero-order chi connectivity index (χ0) is 10.4. The first kappa shape index (κ1) is 14.8. The predicted octanol–water partition coefficient (Wildman–Crippen LogP) is -2.49. The van der Waals surface area contributed by atoms with Crippen LogP contribution in [0.4, 0.5) is 0 Å². The number of carbonyl (C=O) groups excluding carboxylic acids is 1. The molecule has 0 aliphatic rings. The minimum absolute atomic E-state index is 0. The topological polar surface area (TPSA) is 63.9 Å². The van der Waals surface area contributed by atoms with Crippen LogP contribution in [0.15, 0.2) is 30.3 Å². The Balaban J connectivity index is 0.00000196. The van der Waals surface area contributed by atoms with E-state index in [0.717, 1.165) is 5.56 Å². The third-order valence-corrected chi connectivity index (χ3v) is 2.00. The number of rotatable bonds is 4. The van der Waals surface area contributed by atoms with Crippen molar-refractivity contribution < 1.29 is 61.3 Å².